The highest BCUT2D eigenvalue weighted by molar-refractivity contribution is 5.92. The molecule has 3 rings (SSSR count). The maximum atomic E-state index is 12.2. The van der Waals surface area contributed by atoms with Gasteiger partial charge in [0.15, 0.2) is 12.0 Å². The number of likely N-dealkylation sites (tertiary alicyclic amines) is 1. The van der Waals surface area contributed by atoms with Crippen molar-refractivity contribution in [1.29, 1.82) is 5.26 Å². The van der Waals surface area contributed by atoms with Crippen molar-refractivity contribution in [2.45, 2.75) is 6.42 Å². The van der Waals surface area contributed by atoms with Crippen LogP contribution in [-0.4, -0.2) is 40.6 Å². The Hall–Kier alpha value is -3.01. The number of benzene rings is 1. The minimum atomic E-state index is -0.175. The number of hydrogen-bond donors (Lipinski definition) is 1. The number of ether oxygens (including phenoxy) is 1. The van der Waals surface area contributed by atoms with Crippen LogP contribution in [0.25, 0.3) is 5.69 Å². The van der Waals surface area contributed by atoms with Crippen LogP contribution in [0.5, 0.6) is 5.75 Å². The highest BCUT2D eigenvalue weighted by atomic mass is 16.5. The fraction of sp³-hybridized carbons (Fsp3) is 0.312. The second kappa shape index (κ2) is 6.40. The molecule has 1 saturated heterocycles. The van der Waals surface area contributed by atoms with Crippen LogP contribution in [0.1, 0.15) is 6.42 Å². The largest absolute Gasteiger partial charge is 0.495 e. The van der Waals surface area contributed by atoms with Gasteiger partial charge in [-0.1, -0.05) is 12.1 Å². The average Bonchev–Trinajstić information content (AvgIpc) is 3.24. The molecule has 1 amide bonds. The Morgan fingerprint density at radius 1 is 1.48 bits per heavy atom. The maximum absolute atomic E-state index is 12.2. The number of anilines is 1. The summed E-state index contributed by atoms with van der Waals surface area (Å²) in [6.45, 7) is 1.10. The number of rotatable bonds is 4. The Balaban J connectivity index is 1.70. The lowest BCUT2D eigenvalue weighted by atomic mass is 10.1. The normalized spacial score (nSPS) is 16.9. The minimum absolute atomic E-state index is 0.104. The molecular formula is C16H17N5O2. The zero-order chi connectivity index (χ0) is 16.2. The van der Waals surface area contributed by atoms with E-state index in [1.165, 1.54) is 0 Å². The summed E-state index contributed by atoms with van der Waals surface area (Å²) in [5, 5.41) is 11.7. The monoisotopic (exact) mass is 311 g/mol. The third-order valence-corrected chi connectivity index (χ3v) is 3.90. The van der Waals surface area contributed by atoms with Crippen molar-refractivity contribution in [1.82, 2.24) is 14.5 Å². The molecule has 1 unspecified atom stereocenters. The molecule has 2 heterocycles. The number of carbonyl (C=O) groups excluding carboxylic acids is 1. The molecule has 7 nitrogen and oxygen atoms in total. The SMILES string of the molecule is COc1ccccc1-n1cnc(NC(=O)C2CCN(C#N)C2)c1. The van der Waals surface area contributed by atoms with Gasteiger partial charge in [-0.05, 0) is 18.6 Å². The van der Waals surface area contributed by atoms with Crippen molar-refractivity contribution < 1.29 is 9.53 Å². The van der Waals surface area contributed by atoms with Crippen LogP contribution in [0.2, 0.25) is 0 Å². The fourth-order valence-electron chi connectivity index (χ4n) is 2.66. The first-order valence-electron chi connectivity index (χ1n) is 7.34. The van der Waals surface area contributed by atoms with Crippen LogP contribution < -0.4 is 10.1 Å². The molecule has 1 fully saturated rings. The Labute approximate surface area is 134 Å². The number of nitrogens with zero attached hydrogens (tertiary/aromatic N) is 4. The van der Waals surface area contributed by atoms with Gasteiger partial charge < -0.3 is 19.5 Å². The van der Waals surface area contributed by atoms with Gasteiger partial charge in [0.1, 0.15) is 12.1 Å². The highest BCUT2D eigenvalue weighted by Gasteiger charge is 2.28. The van der Waals surface area contributed by atoms with Crippen molar-refractivity contribution in [2.75, 3.05) is 25.5 Å². The number of nitriles is 1. The Bertz CT molecular complexity index is 749. The number of nitrogens with one attached hydrogen (secondary N) is 1. The van der Waals surface area contributed by atoms with E-state index >= 15 is 0 Å². The number of imidazole rings is 1. The molecule has 7 heteroatoms. The van der Waals surface area contributed by atoms with Crippen molar-refractivity contribution in [3.63, 3.8) is 0 Å². The summed E-state index contributed by atoms with van der Waals surface area (Å²) in [7, 11) is 1.61. The first kappa shape index (κ1) is 14.9. The summed E-state index contributed by atoms with van der Waals surface area (Å²) >= 11 is 0. The quantitative estimate of drug-likeness (QED) is 0.868. The van der Waals surface area contributed by atoms with Gasteiger partial charge in [0.2, 0.25) is 5.91 Å². The van der Waals surface area contributed by atoms with E-state index in [2.05, 4.69) is 16.5 Å². The van der Waals surface area contributed by atoms with Crippen molar-refractivity contribution in [3.05, 3.63) is 36.8 Å². The van der Waals surface area contributed by atoms with Crippen LogP contribution >= 0.6 is 0 Å². The maximum Gasteiger partial charge on any atom is 0.230 e. The first-order valence-corrected chi connectivity index (χ1v) is 7.34. The molecule has 1 atom stereocenters. The molecular weight excluding hydrogens is 294 g/mol. The number of methoxy groups -OCH3 is 1. The van der Waals surface area contributed by atoms with E-state index in [0.29, 0.717) is 25.3 Å². The standard InChI is InChI=1S/C16H17N5O2/c1-23-14-5-3-2-4-13(14)21-9-15(18-11-21)19-16(22)12-6-7-20(8-12)10-17/h2-5,9,11-12H,6-8H2,1H3,(H,19,22). The third kappa shape index (κ3) is 3.11. The van der Waals surface area contributed by atoms with Gasteiger partial charge in [0, 0.05) is 13.1 Å². The highest BCUT2D eigenvalue weighted by Crippen LogP contribution is 2.23. The minimum Gasteiger partial charge on any atom is -0.495 e. The molecule has 0 aliphatic carbocycles. The molecule has 0 saturated carbocycles. The van der Waals surface area contributed by atoms with Crippen molar-refractivity contribution in [2.24, 2.45) is 5.92 Å². The lowest BCUT2D eigenvalue weighted by molar-refractivity contribution is -0.119. The van der Waals surface area contributed by atoms with Crippen LogP contribution in [0.3, 0.4) is 0 Å². The van der Waals surface area contributed by atoms with Gasteiger partial charge in [0.25, 0.3) is 0 Å². The third-order valence-electron chi connectivity index (χ3n) is 3.90. The number of hydrogen-bond acceptors (Lipinski definition) is 5. The zero-order valence-corrected chi connectivity index (χ0v) is 12.8. The van der Waals surface area contributed by atoms with Crippen LogP contribution in [0.4, 0.5) is 5.82 Å². The second-order valence-electron chi connectivity index (χ2n) is 5.36. The molecule has 2 aromatic rings. The molecule has 23 heavy (non-hydrogen) atoms. The Morgan fingerprint density at radius 2 is 2.30 bits per heavy atom. The molecule has 0 spiro atoms. The molecule has 1 aliphatic heterocycles. The molecule has 0 bridgehead atoms. The van der Waals surface area contributed by atoms with Gasteiger partial charge in [-0.25, -0.2) is 4.98 Å². The summed E-state index contributed by atoms with van der Waals surface area (Å²) in [4.78, 5) is 18.0. The fourth-order valence-corrected chi connectivity index (χ4v) is 2.66. The smallest absolute Gasteiger partial charge is 0.230 e. The second-order valence-corrected chi connectivity index (χ2v) is 5.36. The number of aromatic nitrogens is 2. The van der Waals surface area contributed by atoms with Crippen LogP contribution in [0.15, 0.2) is 36.8 Å². The van der Waals surface area contributed by atoms with E-state index in [4.69, 9.17) is 10.00 Å². The first-order chi connectivity index (χ1) is 11.2. The number of carbonyl (C=O) groups is 1. The number of amides is 1. The Morgan fingerprint density at radius 3 is 3.04 bits per heavy atom. The van der Waals surface area contributed by atoms with E-state index < -0.39 is 0 Å². The molecule has 118 valence electrons. The van der Waals surface area contributed by atoms with Gasteiger partial charge in [-0.3, -0.25) is 4.79 Å². The molecule has 1 N–H and O–H groups in total. The van der Waals surface area contributed by atoms with E-state index in [1.54, 1.807) is 29.1 Å². The predicted molar refractivity (Wildman–Crippen MR) is 84.0 cm³/mol. The summed E-state index contributed by atoms with van der Waals surface area (Å²) in [6.07, 6.45) is 6.13. The van der Waals surface area contributed by atoms with E-state index in [0.717, 1.165) is 11.4 Å². The predicted octanol–water partition coefficient (Wildman–Crippen LogP) is 1.62. The molecule has 1 aromatic heterocycles. The molecule has 0 radical (unpaired) electrons. The van der Waals surface area contributed by atoms with Gasteiger partial charge in [0.05, 0.1) is 24.9 Å². The summed E-state index contributed by atoms with van der Waals surface area (Å²) < 4.78 is 7.12. The van der Waals surface area contributed by atoms with Gasteiger partial charge >= 0.3 is 0 Å². The van der Waals surface area contributed by atoms with Crippen LogP contribution in [0, 0.1) is 17.4 Å². The number of para-hydroxylation sites is 2. The lowest BCUT2D eigenvalue weighted by Gasteiger charge is -2.09. The molecule has 1 aromatic carbocycles. The van der Waals surface area contributed by atoms with Gasteiger partial charge in [-0.2, -0.15) is 5.26 Å². The average molecular weight is 311 g/mol. The van der Waals surface area contributed by atoms with Crippen molar-refractivity contribution in [3.8, 4) is 17.6 Å². The molecule has 1 aliphatic rings. The van der Waals surface area contributed by atoms with E-state index in [1.807, 2.05) is 24.3 Å². The topological polar surface area (TPSA) is 83.2 Å². The van der Waals surface area contributed by atoms with Gasteiger partial charge in [-0.15, -0.1) is 0 Å². The van der Waals surface area contributed by atoms with E-state index in [-0.39, 0.29) is 11.8 Å². The summed E-state index contributed by atoms with van der Waals surface area (Å²) in [6, 6.07) is 7.57. The lowest BCUT2D eigenvalue weighted by Crippen LogP contribution is -2.25. The summed E-state index contributed by atoms with van der Waals surface area (Å²) in [5.74, 6) is 0.929. The zero-order valence-electron chi connectivity index (χ0n) is 12.8. The Kier molecular flexibility index (Phi) is 4.15. The van der Waals surface area contributed by atoms with Crippen LogP contribution in [-0.2, 0) is 4.79 Å². The van der Waals surface area contributed by atoms with E-state index in [9.17, 15) is 4.79 Å². The summed E-state index contributed by atoms with van der Waals surface area (Å²) in [5.41, 5.74) is 0.847. The van der Waals surface area contributed by atoms with Crippen molar-refractivity contribution >= 4 is 11.7 Å².